The Hall–Kier alpha value is -1.34. The fraction of sp³-hybridized carbons (Fsp3) is 0. The van der Waals surface area contributed by atoms with E-state index in [1.807, 2.05) is 0 Å². The average Bonchev–Trinajstić information content (AvgIpc) is 2.34. The zero-order valence-corrected chi connectivity index (χ0v) is 11.8. The summed E-state index contributed by atoms with van der Waals surface area (Å²) in [6, 6.07) is 7.92. The number of carboxylic acids is 1. The van der Waals surface area contributed by atoms with Gasteiger partial charge in [0.25, 0.3) is 0 Å². The molecule has 0 radical (unpaired) electrons. The number of benzene rings is 1. The third-order valence-electron chi connectivity index (χ3n) is 2.09. The summed E-state index contributed by atoms with van der Waals surface area (Å²) in [4.78, 5) is 14.9. The molecule has 4 nitrogen and oxygen atoms in total. The number of pyridine rings is 1. The van der Waals surface area contributed by atoms with Crippen LogP contribution in [-0.2, 0) is 0 Å². The lowest BCUT2D eigenvalue weighted by molar-refractivity contribution is 0.0696. The van der Waals surface area contributed by atoms with Gasteiger partial charge in [-0.1, -0.05) is 11.6 Å². The molecule has 2 aromatic rings. The van der Waals surface area contributed by atoms with Crippen molar-refractivity contribution in [3.8, 4) is 11.6 Å². The predicted octanol–water partition coefficient (Wildman–Crippen LogP) is 3.83. The van der Waals surface area contributed by atoms with Gasteiger partial charge < -0.3 is 9.84 Å². The van der Waals surface area contributed by atoms with E-state index in [9.17, 15) is 4.79 Å². The molecule has 0 aliphatic carbocycles. The van der Waals surface area contributed by atoms with Gasteiger partial charge in [0.15, 0.2) is 0 Å². The van der Waals surface area contributed by atoms with Crippen molar-refractivity contribution in [3.63, 3.8) is 0 Å². The van der Waals surface area contributed by atoms with Gasteiger partial charge in [0, 0.05) is 12.3 Å². The summed E-state index contributed by atoms with van der Waals surface area (Å²) in [6.07, 6.45) is 1.46. The Morgan fingerprint density at radius 2 is 2.11 bits per heavy atom. The summed E-state index contributed by atoms with van der Waals surface area (Å²) in [5.41, 5.74) is 0.166. The number of halogens is 2. The van der Waals surface area contributed by atoms with Crippen LogP contribution in [-0.4, -0.2) is 16.1 Å². The van der Waals surface area contributed by atoms with Crippen LogP contribution in [0.3, 0.4) is 0 Å². The summed E-state index contributed by atoms with van der Waals surface area (Å²) < 4.78 is 6.31. The van der Waals surface area contributed by atoms with E-state index in [1.54, 1.807) is 18.2 Å². The number of rotatable bonds is 3. The van der Waals surface area contributed by atoms with Gasteiger partial charge in [0.2, 0.25) is 5.88 Å². The van der Waals surface area contributed by atoms with E-state index in [1.165, 1.54) is 18.3 Å². The molecule has 0 atom stereocenters. The molecule has 0 saturated heterocycles. The van der Waals surface area contributed by atoms with Crippen LogP contribution in [0.5, 0.6) is 11.6 Å². The summed E-state index contributed by atoms with van der Waals surface area (Å²) in [5.74, 6) is -0.189. The molecule has 18 heavy (non-hydrogen) atoms. The van der Waals surface area contributed by atoms with Crippen LogP contribution in [0.25, 0.3) is 0 Å². The van der Waals surface area contributed by atoms with E-state index in [0.29, 0.717) is 16.7 Å². The Morgan fingerprint density at radius 1 is 1.33 bits per heavy atom. The normalized spacial score (nSPS) is 10.1. The van der Waals surface area contributed by atoms with Gasteiger partial charge in [0.1, 0.15) is 5.75 Å². The first-order valence-corrected chi connectivity index (χ1v) is 6.34. The molecule has 6 heteroatoms. The first kappa shape index (κ1) is 13.1. The lowest BCUT2D eigenvalue weighted by Gasteiger charge is -2.07. The minimum absolute atomic E-state index is 0.166. The number of hydrogen-bond acceptors (Lipinski definition) is 3. The van der Waals surface area contributed by atoms with Crippen LogP contribution < -0.4 is 4.74 Å². The molecule has 0 unspecified atom stereocenters. The highest BCUT2D eigenvalue weighted by Crippen LogP contribution is 2.27. The van der Waals surface area contributed by atoms with Crippen molar-refractivity contribution in [1.82, 2.24) is 4.98 Å². The number of nitrogens with zero attached hydrogens (tertiary/aromatic N) is 1. The van der Waals surface area contributed by atoms with Crippen LogP contribution >= 0.6 is 34.2 Å². The number of aromatic carboxylic acids is 1. The molecule has 0 bridgehead atoms. The summed E-state index contributed by atoms with van der Waals surface area (Å²) >= 11 is 7.78. The van der Waals surface area contributed by atoms with Crippen molar-refractivity contribution >= 4 is 40.2 Å². The fourth-order valence-corrected chi connectivity index (χ4v) is 1.81. The number of carboxylic acid groups (broad SMARTS) is 1. The fourth-order valence-electron chi connectivity index (χ4n) is 1.25. The summed E-state index contributed by atoms with van der Waals surface area (Å²) in [5, 5.41) is 9.42. The molecule has 1 aromatic heterocycles. The molecular weight excluding hydrogens is 368 g/mol. The van der Waals surface area contributed by atoms with Crippen molar-refractivity contribution < 1.29 is 14.6 Å². The second-order valence-corrected chi connectivity index (χ2v) is 4.97. The van der Waals surface area contributed by atoms with E-state index in [4.69, 9.17) is 21.4 Å². The lowest BCUT2D eigenvalue weighted by atomic mass is 10.2. The van der Waals surface area contributed by atoms with E-state index in [-0.39, 0.29) is 5.56 Å². The van der Waals surface area contributed by atoms with Crippen LogP contribution in [0.2, 0.25) is 5.02 Å². The molecule has 0 saturated carbocycles. The third kappa shape index (κ3) is 3.11. The maximum atomic E-state index is 10.9. The quantitative estimate of drug-likeness (QED) is 0.828. The van der Waals surface area contributed by atoms with Crippen molar-refractivity contribution in [2.45, 2.75) is 0 Å². The molecule has 92 valence electrons. The van der Waals surface area contributed by atoms with Crippen molar-refractivity contribution in [2.24, 2.45) is 0 Å². The molecule has 0 spiro atoms. The summed E-state index contributed by atoms with van der Waals surface area (Å²) in [6.45, 7) is 0. The smallest absolute Gasteiger partial charge is 0.335 e. The Labute approximate surface area is 122 Å². The highest BCUT2D eigenvalue weighted by atomic mass is 127. The molecule has 1 aromatic carbocycles. The van der Waals surface area contributed by atoms with Gasteiger partial charge in [-0.3, -0.25) is 0 Å². The van der Waals surface area contributed by atoms with Crippen LogP contribution in [0.1, 0.15) is 10.4 Å². The number of carbonyl (C=O) groups is 1. The minimum atomic E-state index is -1.000. The Balaban J connectivity index is 2.30. The maximum absolute atomic E-state index is 10.9. The van der Waals surface area contributed by atoms with Crippen LogP contribution in [0.4, 0.5) is 0 Å². The molecule has 0 aliphatic rings. The minimum Gasteiger partial charge on any atom is -0.478 e. The zero-order valence-electron chi connectivity index (χ0n) is 8.93. The second kappa shape index (κ2) is 5.53. The maximum Gasteiger partial charge on any atom is 0.335 e. The third-order valence-corrected chi connectivity index (χ3v) is 3.21. The van der Waals surface area contributed by atoms with Gasteiger partial charge in [-0.05, 0) is 46.9 Å². The molecule has 1 heterocycles. The van der Waals surface area contributed by atoms with Gasteiger partial charge in [-0.15, -0.1) is 0 Å². The van der Waals surface area contributed by atoms with Crippen molar-refractivity contribution in [3.05, 3.63) is 50.7 Å². The SMILES string of the molecule is O=C(O)c1ccc(I)c(Oc2ccc(Cl)cn2)c1. The Bertz CT molecular complexity index is 586. The number of aromatic nitrogens is 1. The molecule has 0 fully saturated rings. The summed E-state index contributed by atoms with van der Waals surface area (Å²) in [7, 11) is 0. The van der Waals surface area contributed by atoms with Gasteiger partial charge in [-0.25, -0.2) is 9.78 Å². The predicted molar refractivity (Wildman–Crippen MR) is 75.4 cm³/mol. The van der Waals surface area contributed by atoms with Crippen LogP contribution in [0.15, 0.2) is 36.5 Å². The highest BCUT2D eigenvalue weighted by molar-refractivity contribution is 14.1. The van der Waals surface area contributed by atoms with Crippen molar-refractivity contribution in [1.29, 1.82) is 0 Å². The molecule has 1 N–H and O–H groups in total. The van der Waals surface area contributed by atoms with Crippen LogP contribution in [0, 0.1) is 3.57 Å². The largest absolute Gasteiger partial charge is 0.478 e. The monoisotopic (exact) mass is 375 g/mol. The van der Waals surface area contributed by atoms with E-state index < -0.39 is 5.97 Å². The molecule has 2 rings (SSSR count). The topological polar surface area (TPSA) is 59.4 Å². The second-order valence-electron chi connectivity index (χ2n) is 3.37. The van der Waals surface area contributed by atoms with Crippen molar-refractivity contribution in [2.75, 3.05) is 0 Å². The molecule has 0 amide bonds. The first-order chi connectivity index (χ1) is 8.56. The number of hydrogen-bond donors (Lipinski definition) is 1. The first-order valence-electron chi connectivity index (χ1n) is 4.88. The lowest BCUT2D eigenvalue weighted by Crippen LogP contribution is -1.98. The average molecular weight is 376 g/mol. The van der Waals surface area contributed by atoms with E-state index >= 15 is 0 Å². The molecular formula is C12H7ClINO3. The number of ether oxygens (including phenoxy) is 1. The van der Waals surface area contributed by atoms with Gasteiger partial charge >= 0.3 is 5.97 Å². The Kier molecular flexibility index (Phi) is 4.03. The highest BCUT2D eigenvalue weighted by Gasteiger charge is 2.09. The van der Waals surface area contributed by atoms with Gasteiger partial charge in [0.05, 0.1) is 14.2 Å². The van der Waals surface area contributed by atoms with Gasteiger partial charge in [-0.2, -0.15) is 0 Å². The Morgan fingerprint density at radius 3 is 2.72 bits per heavy atom. The standard InChI is InChI=1S/C12H7ClINO3/c13-8-2-4-11(15-6-8)18-10-5-7(12(16)17)1-3-9(10)14/h1-6H,(H,16,17). The molecule has 0 aliphatic heterocycles. The van der Waals surface area contributed by atoms with E-state index in [0.717, 1.165) is 3.57 Å². The zero-order chi connectivity index (χ0) is 13.1. The van der Waals surface area contributed by atoms with E-state index in [2.05, 4.69) is 27.6 Å².